The third-order valence-electron chi connectivity index (χ3n) is 2.68. The number of hydrogen-bond acceptors (Lipinski definition) is 7. The smallest absolute Gasteiger partial charge is 0.335 e. The highest BCUT2D eigenvalue weighted by molar-refractivity contribution is 5.86. The van der Waals surface area contributed by atoms with Gasteiger partial charge in [0.05, 0.1) is 13.2 Å². The molecule has 18 heavy (non-hydrogen) atoms. The number of carbonyl (C=O) groups excluding carboxylic acids is 1. The minimum absolute atomic E-state index is 0.218. The minimum atomic E-state index is -1.43. The van der Waals surface area contributed by atoms with Crippen LogP contribution in [0.2, 0.25) is 0 Å². The predicted molar refractivity (Wildman–Crippen MR) is 59.5 cm³/mol. The van der Waals surface area contributed by atoms with Crippen molar-refractivity contribution in [1.82, 2.24) is 0 Å². The van der Waals surface area contributed by atoms with Gasteiger partial charge in [0, 0.05) is 28.4 Å². The molecule has 1 aliphatic rings. The van der Waals surface area contributed by atoms with Gasteiger partial charge >= 0.3 is 5.97 Å². The zero-order chi connectivity index (χ0) is 13.8. The first-order valence-electron chi connectivity index (χ1n) is 5.21. The van der Waals surface area contributed by atoms with Gasteiger partial charge in [0.25, 0.3) is 5.60 Å². The highest BCUT2D eigenvalue weighted by atomic mass is 16.7. The van der Waals surface area contributed by atoms with E-state index < -0.39 is 24.2 Å². The monoisotopic (exact) mass is 262 g/mol. The van der Waals surface area contributed by atoms with E-state index in [-0.39, 0.29) is 5.76 Å². The molecule has 0 amide bonds. The van der Waals surface area contributed by atoms with Gasteiger partial charge in [-0.05, 0) is 0 Å². The van der Waals surface area contributed by atoms with Crippen LogP contribution >= 0.6 is 0 Å². The average molecular weight is 262 g/mol. The van der Waals surface area contributed by atoms with E-state index in [1.165, 1.54) is 41.6 Å². The van der Waals surface area contributed by atoms with Crippen LogP contribution in [0.5, 0.6) is 0 Å². The first kappa shape index (κ1) is 14.9. The van der Waals surface area contributed by atoms with E-state index in [1.807, 2.05) is 0 Å². The van der Waals surface area contributed by atoms with E-state index in [0.717, 1.165) is 0 Å². The highest BCUT2D eigenvalue weighted by Crippen LogP contribution is 2.38. The number of rotatable bonds is 7. The summed E-state index contributed by atoms with van der Waals surface area (Å²) in [5.74, 6) is -0.361. The lowest BCUT2D eigenvalue weighted by Crippen LogP contribution is -2.57. The van der Waals surface area contributed by atoms with E-state index >= 15 is 0 Å². The Bertz CT molecular complexity index is 305. The van der Waals surface area contributed by atoms with Gasteiger partial charge in [-0.1, -0.05) is 0 Å². The average Bonchev–Trinajstić information content (AvgIpc) is 2.70. The van der Waals surface area contributed by atoms with Crippen LogP contribution in [0.3, 0.4) is 0 Å². The summed E-state index contributed by atoms with van der Waals surface area (Å²) in [4.78, 5) is 11.5. The normalized spacial score (nSPS) is 18.2. The van der Waals surface area contributed by atoms with Gasteiger partial charge in [-0.2, -0.15) is 0 Å². The van der Waals surface area contributed by atoms with Gasteiger partial charge in [-0.25, -0.2) is 4.79 Å². The minimum Gasteiger partial charge on any atom is -0.496 e. The first-order valence-corrected chi connectivity index (χ1v) is 5.21. The second-order valence-electron chi connectivity index (χ2n) is 3.53. The van der Waals surface area contributed by atoms with E-state index in [2.05, 4.69) is 0 Å². The molecule has 0 unspecified atom stereocenters. The molecule has 0 N–H and O–H groups in total. The molecule has 7 nitrogen and oxygen atoms in total. The van der Waals surface area contributed by atoms with Crippen LogP contribution in [0.1, 0.15) is 0 Å². The van der Waals surface area contributed by atoms with Crippen molar-refractivity contribution < 1.29 is 33.2 Å². The Kier molecular flexibility index (Phi) is 5.09. The summed E-state index contributed by atoms with van der Waals surface area (Å²) in [7, 11) is 7.07. The maximum Gasteiger partial charge on any atom is 0.335 e. The van der Waals surface area contributed by atoms with Crippen LogP contribution in [-0.4, -0.2) is 59.7 Å². The lowest BCUT2D eigenvalue weighted by atomic mass is 10.00. The molecule has 0 radical (unpaired) electrons. The molecule has 0 bridgehead atoms. The van der Waals surface area contributed by atoms with Gasteiger partial charge in [-0.15, -0.1) is 0 Å². The summed E-state index contributed by atoms with van der Waals surface area (Å²) in [6.45, 7) is 0. The summed E-state index contributed by atoms with van der Waals surface area (Å²) in [5, 5.41) is 0. The number of ether oxygens (including phenoxy) is 6. The Hall–Kier alpha value is -1.15. The maximum absolute atomic E-state index is 11.5. The third kappa shape index (κ3) is 2.22. The molecule has 0 aliphatic carbocycles. The van der Waals surface area contributed by atoms with Gasteiger partial charge in [0.2, 0.25) is 12.6 Å². The van der Waals surface area contributed by atoms with Gasteiger partial charge in [0.1, 0.15) is 0 Å². The standard InChI is InChI=1S/C11H18O7/c1-13-7-6-8(12)18-11(7,9(14-2)15-3)10(16-4)17-5/h6,9-10H,1-5H3. The van der Waals surface area contributed by atoms with Crippen LogP contribution in [0.4, 0.5) is 0 Å². The third-order valence-corrected chi connectivity index (χ3v) is 2.68. The SMILES string of the molecule is COC1=CC(=O)OC1(C(OC)OC)C(OC)OC. The lowest BCUT2D eigenvalue weighted by molar-refractivity contribution is -0.295. The molecule has 0 aromatic heterocycles. The Labute approximate surface area is 106 Å². The Morgan fingerprint density at radius 3 is 1.78 bits per heavy atom. The highest BCUT2D eigenvalue weighted by Gasteiger charge is 2.59. The molecule has 0 aromatic carbocycles. The zero-order valence-electron chi connectivity index (χ0n) is 11.1. The molecule has 7 heteroatoms. The Morgan fingerprint density at radius 1 is 1.00 bits per heavy atom. The van der Waals surface area contributed by atoms with E-state index in [9.17, 15) is 4.79 Å². The van der Waals surface area contributed by atoms with Crippen LogP contribution in [0.25, 0.3) is 0 Å². The first-order chi connectivity index (χ1) is 8.60. The number of cyclic esters (lactones) is 1. The molecule has 1 rings (SSSR count). The van der Waals surface area contributed by atoms with Crippen molar-refractivity contribution in [3.8, 4) is 0 Å². The molecule has 0 aromatic rings. The summed E-state index contributed by atoms with van der Waals surface area (Å²) in [5.41, 5.74) is -1.43. The van der Waals surface area contributed by atoms with Crippen LogP contribution in [0.15, 0.2) is 11.8 Å². The largest absolute Gasteiger partial charge is 0.496 e. The van der Waals surface area contributed by atoms with Gasteiger partial charge in [-0.3, -0.25) is 0 Å². The van der Waals surface area contributed by atoms with Crippen molar-refractivity contribution in [2.24, 2.45) is 0 Å². The molecule has 1 heterocycles. The fourth-order valence-electron chi connectivity index (χ4n) is 2.02. The molecular weight excluding hydrogens is 244 g/mol. The van der Waals surface area contributed by atoms with Crippen LogP contribution < -0.4 is 0 Å². The fraction of sp³-hybridized carbons (Fsp3) is 0.727. The Balaban J connectivity index is 3.25. The number of carbonyl (C=O) groups is 1. The lowest BCUT2D eigenvalue weighted by Gasteiger charge is -2.39. The summed E-state index contributed by atoms with van der Waals surface area (Å²) in [6.07, 6.45) is -0.657. The molecular formula is C11H18O7. The molecule has 1 aliphatic heterocycles. The second-order valence-corrected chi connectivity index (χ2v) is 3.53. The van der Waals surface area contributed by atoms with Crippen molar-refractivity contribution in [3.05, 3.63) is 11.8 Å². The summed E-state index contributed by atoms with van der Waals surface area (Å²) in [6, 6.07) is 0. The maximum atomic E-state index is 11.5. The van der Waals surface area contributed by atoms with Crippen LogP contribution in [-0.2, 0) is 33.2 Å². The molecule has 0 fully saturated rings. The fourth-order valence-corrected chi connectivity index (χ4v) is 2.02. The zero-order valence-corrected chi connectivity index (χ0v) is 11.1. The van der Waals surface area contributed by atoms with Crippen molar-refractivity contribution in [2.75, 3.05) is 35.5 Å². The van der Waals surface area contributed by atoms with Crippen molar-refractivity contribution in [3.63, 3.8) is 0 Å². The van der Waals surface area contributed by atoms with Crippen molar-refractivity contribution >= 4 is 5.97 Å². The number of methoxy groups -OCH3 is 5. The molecule has 0 saturated carbocycles. The second kappa shape index (κ2) is 6.14. The molecule has 0 atom stereocenters. The molecule has 0 spiro atoms. The summed E-state index contributed by atoms with van der Waals surface area (Å²) >= 11 is 0. The van der Waals surface area contributed by atoms with E-state index in [4.69, 9.17) is 28.4 Å². The topological polar surface area (TPSA) is 72.5 Å². The van der Waals surface area contributed by atoms with E-state index in [1.54, 1.807) is 0 Å². The molecule has 0 saturated heterocycles. The predicted octanol–water partition coefficient (Wildman–Crippen LogP) is 0.0501. The van der Waals surface area contributed by atoms with Crippen LogP contribution in [0, 0.1) is 0 Å². The number of hydrogen-bond donors (Lipinski definition) is 0. The van der Waals surface area contributed by atoms with E-state index in [0.29, 0.717) is 0 Å². The Morgan fingerprint density at radius 2 is 1.44 bits per heavy atom. The number of esters is 1. The van der Waals surface area contributed by atoms with Crippen molar-refractivity contribution in [1.29, 1.82) is 0 Å². The summed E-state index contributed by atoms with van der Waals surface area (Å²) < 4.78 is 31.1. The quantitative estimate of drug-likeness (QED) is 0.474. The van der Waals surface area contributed by atoms with Gasteiger partial charge < -0.3 is 28.4 Å². The van der Waals surface area contributed by atoms with Gasteiger partial charge in [0.15, 0.2) is 5.76 Å². The molecule has 104 valence electrons. The van der Waals surface area contributed by atoms with Crippen molar-refractivity contribution in [2.45, 2.75) is 18.2 Å².